The summed E-state index contributed by atoms with van der Waals surface area (Å²) in [6.45, 7) is 2.95. The van der Waals surface area contributed by atoms with E-state index in [1.807, 2.05) is 18.2 Å². The number of hydrogen-bond donors (Lipinski definition) is 1. The molecule has 0 aliphatic heterocycles. The highest BCUT2D eigenvalue weighted by Gasteiger charge is 2.23. The highest BCUT2D eigenvalue weighted by atomic mass is 35.5. The predicted octanol–water partition coefficient (Wildman–Crippen LogP) is 5.26. The number of ether oxygens (including phenoxy) is 1. The smallest absolute Gasteiger partial charge is 0.129 e. The van der Waals surface area contributed by atoms with Gasteiger partial charge in [0.1, 0.15) is 11.6 Å². The molecule has 0 atom stereocenters. The van der Waals surface area contributed by atoms with Gasteiger partial charge >= 0.3 is 0 Å². The molecule has 152 valence electrons. The quantitative estimate of drug-likeness (QED) is 0.652. The van der Waals surface area contributed by atoms with E-state index in [0.717, 1.165) is 30.9 Å². The van der Waals surface area contributed by atoms with Crippen LogP contribution in [0.2, 0.25) is 5.02 Å². The first kappa shape index (κ1) is 21.1. The zero-order chi connectivity index (χ0) is 19.9. The molecule has 2 aromatic carbocycles. The van der Waals surface area contributed by atoms with E-state index in [4.69, 9.17) is 22.1 Å². The minimum Gasteiger partial charge on any atom is -0.497 e. The maximum atomic E-state index is 14.4. The molecule has 0 bridgehead atoms. The maximum Gasteiger partial charge on any atom is 0.129 e. The fourth-order valence-electron chi connectivity index (χ4n) is 4.14. The first-order valence-electron chi connectivity index (χ1n) is 10.1. The molecule has 0 saturated heterocycles. The lowest BCUT2D eigenvalue weighted by atomic mass is 9.82. The average molecular weight is 405 g/mol. The number of halogens is 2. The third-order valence-corrected chi connectivity index (χ3v) is 6.15. The molecule has 1 fully saturated rings. The lowest BCUT2D eigenvalue weighted by molar-refractivity contribution is 0.168. The van der Waals surface area contributed by atoms with Gasteiger partial charge in [0.25, 0.3) is 0 Å². The van der Waals surface area contributed by atoms with Gasteiger partial charge < -0.3 is 10.5 Å². The number of hydrogen-bond acceptors (Lipinski definition) is 3. The highest BCUT2D eigenvalue weighted by molar-refractivity contribution is 6.31. The van der Waals surface area contributed by atoms with E-state index in [1.54, 1.807) is 19.2 Å². The van der Waals surface area contributed by atoms with E-state index in [9.17, 15) is 4.39 Å². The van der Waals surface area contributed by atoms with E-state index >= 15 is 0 Å². The molecule has 28 heavy (non-hydrogen) atoms. The van der Waals surface area contributed by atoms with Gasteiger partial charge in [-0.05, 0) is 73.9 Å². The van der Waals surface area contributed by atoms with Crippen LogP contribution in [0.4, 0.5) is 4.39 Å². The van der Waals surface area contributed by atoms with Gasteiger partial charge in [-0.1, -0.05) is 29.8 Å². The standard InChI is InChI=1S/C23H30ClFN2O/c1-28-20-5-2-4-19(12-20)15-27(14-18-10-8-17(13-26)9-11-18)16-21-22(24)6-3-7-23(21)25/h2-7,12,17-18H,8-11,13-16,26H2,1H3. The van der Waals surface area contributed by atoms with Crippen molar-refractivity contribution in [1.29, 1.82) is 0 Å². The van der Waals surface area contributed by atoms with Crippen LogP contribution in [-0.2, 0) is 13.1 Å². The summed E-state index contributed by atoms with van der Waals surface area (Å²) in [5.74, 6) is 1.86. The summed E-state index contributed by atoms with van der Waals surface area (Å²) in [5.41, 5.74) is 7.56. The van der Waals surface area contributed by atoms with Crippen molar-refractivity contribution in [2.24, 2.45) is 17.6 Å². The fourth-order valence-corrected chi connectivity index (χ4v) is 4.36. The van der Waals surface area contributed by atoms with Crippen molar-refractivity contribution in [3.8, 4) is 5.75 Å². The Morgan fingerprint density at radius 1 is 1.07 bits per heavy atom. The molecule has 0 spiro atoms. The van der Waals surface area contributed by atoms with E-state index < -0.39 is 0 Å². The Balaban J connectivity index is 1.75. The summed E-state index contributed by atoms with van der Waals surface area (Å²) in [6.07, 6.45) is 4.74. The van der Waals surface area contributed by atoms with Crippen molar-refractivity contribution >= 4 is 11.6 Å². The summed E-state index contributed by atoms with van der Waals surface area (Å²) >= 11 is 6.30. The van der Waals surface area contributed by atoms with Crippen LogP contribution in [0.15, 0.2) is 42.5 Å². The Bertz CT molecular complexity index is 742. The number of nitrogens with two attached hydrogens (primary N) is 1. The van der Waals surface area contributed by atoms with Crippen molar-refractivity contribution in [1.82, 2.24) is 4.90 Å². The second kappa shape index (κ2) is 10.2. The number of methoxy groups -OCH3 is 1. The normalized spacial score (nSPS) is 19.8. The third kappa shape index (κ3) is 5.69. The molecule has 3 rings (SSSR count). The Morgan fingerprint density at radius 2 is 1.79 bits per heavy atom. The molecule has 0 radical (unpaired) electrons. The second-order valence-electron chi connectivity index (χ2n) is 7.84. The topological polar surface area (TPSA) is 38.5 Å². The van der Waals surface area contributed by atoms with E-state index in [1.165, 1.54) is 31.7 Å². The van der Waals surface area contributed by atoms with Crippen LogP contribution in [0.1, 0.15) is 36.8 Å². The fraction of sp³-hybridized carbons (Fsp3) is 0.478. The third-order valence-electron chi connectivity index (χ3n) is 5.80. The van der Waals surface area contributed by atoms with Gasteiger partial charge in [0.15, 0.2) is 0 Å². The molecule has 2 aromatic rings. The van der Waals surface area contributed by atoms with Crippen LogP contribution in [0, 0.1) is 17.7 Å². The zero-order valence-electron chi connectivity index (χ0n) is 16.5. The maximum absolute atomic E-state index is 14.4. The molecule has 3 nitrogen and oxygen atoms in total. The summed E-state index contributed by atoms with van der Waals surface area (Å²) in [7, 11) is 1.67. The van der Waals surface area contributed by atoms with Gasteiger partial charge in [-0.25, -0.2) is 4.39 Å². The van der Waals surface area contributed by atoms with Crippen LogP contribution >= 0.6 is 11.6 Å². The summed E-state index contributed by atoms with van der Waals surface area (Å²) in [6, 6.07) is 13.0. The molecule has 1 saturated carbocycles. The average Bonchev–Trinajstić information content (AvgIpc) is 2.71. The molecular weight excluding hydrogens is 375 g/mol. The number of rotatable bonds is 8. The number of benzene rings is 2. The van der Waals surface area contributed by atoms with E-state index in [2.05, 4.69) is 11.0 Å². The molecule has 2 N–H and O–H groups in total. The zero-order valence-corrected chi connectivity index (χ0v) is 17.3. The van der Waals surface area contributed by atoms with Gasteiger partial charge in [0, 0.05) is 30.2 Å². The SMILES string of the molecule is COc1cccc(CN(Cc2c(F)cccc2Cl)CC2CCC(CN)CC2)c1. The summed E-state index contributed by atoms with van der Waals surface area (Å²) in [4.78, 5) is 2.31. The minimum atomic E-state index is -0.241. The summed E-state index contributed by atoms with van der Waals surface area (Å²) < 4.78 is 19.8. The number of nitrogens with zero attached hydrogens (tertiary/aromatic N) is 1. The lowest BCUT2D eigenvalue weighted by Crippen LogP contribution is -2.32. The van der Waals surface area contributed by atoms with Crippen molar-refractivity contribution in [3.05, 3.63) is 64.4 Å². The van der Waals surface area contributed by atoms with E-state index in [-0.39, 0.29) is 5.82 Å². The Kier molecular flexibility index (Phi) is 7.72. The van der Waals surface area contributed by atoms with Gasteiger partial charge in [-0.2, -0.15) is 0 Å². The van der Waals surface area contributed by atoms with Crippen LogP contribution < -0.4 is 10.5 Å². The molecule has 0 unspecified atom stereocenters. The Labute approximate surface area is 172 Å². The van der Waals surface area contributed by atoms with Crippen molar-refractivity contribution < 1.29 is 9.13 Å². The first-order valence-corrected chi connectivity index (χ1v) is 10.4. The second-order valence-corrected chi connectivity index (χ2v) is 8.25. The van der Waals surface area contributed by atoms with Crippen LogP contribution in [-0.4, -0.2) is 25.1 Å². The van der Waals surface area contributed by atoms with Crippen LogP contribution in [0.25, 0.3) is 0 Å². The highest BCUT2D eigenvalue weighted by Crippen LogP contribution is 2.30. The van der Waals surface area contributed by atoms with Crippen molar-refractivity contribution in [3.63, 3.8) is 0 Å². The van der Waals surface area contributed by atoms with Gasteiger partial charge in [0.05, 0.1) is 7.11 Å². The van der Waals surface area contributed by atoms with Crippen LogP contribution in [0.3, 0.4) is 0 Å². The molecule has 5 heteroatoms. The monoisotopic (exact) mass is 404 g/mol. The lowest BCUT2D eigenvalue weighted by Gasteiger charge is -2.33. The Morgan fingerprint density at radius 3 is 2.46 bits per heavy atom. The van der Waals surface area contributed by atoms with Gasteiger partial charge in [-0.3, -0.25) is 4.90 Å². The molecule has 0 aromatic heterocycles. The summed E-state index contributed by atoms with van der Waals surface area (Å²) in [5, 5.41) is 0.488. The molecule has 0 heterocycles. The Hall–Kier alpha value is -1.62. The molecular formula is C23H30ClFN2O. The van der Waals surface area contributed by atoms with Crippen LogP contribution in [0.5, 0.6) is 5.75 Å². The first-order chi connectivity index (χ1) is 13.6. The minimum absolute atomic E-state index is 0.241. The van der Waals surface area contributed by atoms with Gasteiger partial charge in [-0.15, -0.1) is 0 Å². The largest absolute Gasteiger partial charge is 0.497 e. The van der Waals surface area contributed by atoms with E-state index in [0.29, 0.717) is 29.0 Å². The van der Waals surface area contributed by atoms with Gasteiger partial charge in [0.2, 0.25) is 0 Å². The molecule has 1 aliphatic rings. The molecule has 1 aliphatic carbocycles. The predicted molar refractivity (Wildman–Crippen MR) is 113 cm³/mol. The van der Waals surface area contributed by atoms with Crippen molar-refractivity contribution in [2.45, 2.75) is 38.8 Å². The van der Waals surface area contributed by atoms with Crippen molar-refractivity contribution in [2.75, 3.05) is 20.2 Å². The molecule has 0 amide bonds.